The predicted octanol–water partition coefficient (Wildman–Crippen LogP) is 1.50. The van der Waals surface area contributed by atoms with Gasteiger partial charge in [-0.2, -0.15) is 0 Å². The summed E-state index contributed by atoms with van der Waals surface area (Å²) >= 11 is 0. The van der Waals surface area contributed by atoms with Crippen LogP contribution in [0.3, 0.4) is 0 Å². The van der Waals surface area contributed by atoms with Crippen molar-refractivity contribution in [2.75, 3.05) is 11.9 Å². The summed E-state index contributed by atoms with van der Waals surface area (Å²) in [4.78, 5) is 0. The molecular formula is C11H15NO2. The van der Waals surface area contributed by atoms with Crippen molar-refractivity contribution in [2.45, 2.75) is 25.3 Å². The van der Waals surface area contributed by atoms with Gasteiger partial charge in [0.15, 0.2) is 0 Å². The minimum absolute atomic E-state index is 0.0949. The highest BCUT2D eigenvalue weighted by molar-refractivity contribution is 5.63. The average Bonchev–Trinajstić information content (AvgIpc) is 2.59. The van der Waals surface area contributed by atoms with E-state index in [1.807, 2.05) is 19.1 Å². The second-order valence-corrected chi connectivity index (χ2v) is 3.90. The highest BCUT2D eigenvalue weighted by Crippen LogP contribution is 2.38. The molecule has 0 fully saturated rings. The summed E-state index contributed by atoms with van der Waals surface area (Å²) in [5.74, 6) is 0.318. The second-order valence-electron chi connectivity index (χ2n) is 3.90. The van der Waals surface area contributed by atoms with Gasteiger partial charge in [-0.15, -0.1) is 0 Å². The summed E-state index contributed by atoms with van der Waals surface area (Å²) in [6.45, 7) is 2.13. The van der Waals surface area contributed by atoms with Crippen molar-refractivity contribution in [1.29, 1.82) is 0 Å². The zero-order valence-corrected chi connectivity index (χ0v) is 8.25. The topological polar surface area (TPSA) is 52.5 Å². The number of benzene rings is 1. The minimum Gasteiger partial charge on any atom is -0.508 e. The first-order valence-corrected chi connectivity index (χ1v) is 4.91. The summed E-state index contributed by atoms with van der Waals surface area (Å²) in [5.41, 5.74) is 1.59. The van der Waals surface area contributed by atoms with E-state index in [9.17, 15) is 10.2 Å². The quantitative estimate of drug-likeness (QED) is 0.667. The fourth-order valence-corrected chi connectivity index (χ4v) is 1.97. The third-order valence-electron chi connectivity index (χ3n) is 3.05. The van der Waals surface area contributed by atoms with E-state index in [0.717, 1.165) is 17.7 Å². The van der Waals surface area contributed by atoms with Crippen LogP contribution in [0, 0.1) is 0 Å². The fourth-order valence-electron chi connectivity index (χ4n) is 1.97. The van der Waals surface area contributed by atoms with Crippen LogP contribution >= 0.6 is 0 Å². The Morgan fingerprint density at radius 2 is 2.29 bits per heavy atom. The van der Waals surface area contributed by atoms with Crippen LogP contribution in [0.25, 0.3) is 0 Å². The standard InChI is InChI=1S/C11H15NO2/c1-2-11(7-13)6-8-9(12-11)4-3-5-10(8)14/h3-5,12-14H,2,6-7H2,1H3. The van der Waals surface area contributed by atoms with E-state index in [1.165, 1.54) is 0 Å². The average molecular weight is 193 g/mol. The third kappa shape index (κ3) is 1.24. The number of hydrogen-bond acceptors (Lipinski definition) is 3. The number of hydrogen-bond donors (Lipinski definition) is 3. The number of anilines is 1. The molecule has 3 nitrogen and oxygen atoms in total. The SMILES string of the molecule is CCC1(CO)Cc2c(O)cccc2N1. The molecule has 2 rings (SSSR count). The number of fused-ring (bicyclic) bond motifs is 1. The maximum Gasteiger partial charge on any atom is 0.120 e. The normalized spacial score (nSPS) is 24.4. The number of phenols is 1. The van der Waals surface area contributed by atoms with E-state index in [4.69, 9.17) is 0 Å². The van der Waals surface area contributed by atoms with Gasteiger partial charge in [0.1, 0.15) is 5.75 Å². The van der Waals surface area contributed by atoms with E-state index < -0.39 is 0 Å². The number of rotatable bonds is 2. The Morgan fingerprint density at radius 1 is 1.50 bits per heavy atom. The molecule has 1 aliphatic heterocycles. The maximum absolute atomic E-state index is 9.63. The maximum atomic E-state index is 9.63. The lowest BCUT2D eigenvalue weighted by atomic mass is 9.93. The molecule has 1 atom stereocenters. The largest absolute Gasteiger partial charge is 0.508 e. The predicted molar refractivity (Wildman–Crippen MR) is 55.5 cm³/mol. The summed E-state index contributed by atoms with van der Waals surface area (Å²) < 4.78 is 0. The van der Waals surface area contributed by atoms with E-state index in [0.29, 0.717) is 12.2 Å². The zero-order chi connectivity index (χ0) is 10.2. The van der Waals surface area contributed by atoms with Crippen LogP contribution in [0.5, 0.6) is 5.75 Å². The van der Waals surface area contributed by atoms with Crippen molar-refractivity contribution in [1.82, 2.24) is 0 Å². The highest BCUT2D eigenvalue weighted by Gasteiger charge is 2.35. The van der Waals surface area contributed by atoms with Crippen molar-refractivity contribution in [3.63, 3.8) is 0 Å². The zero-order valence-electron chi connectivity index (χ0n) is 8.25. The molecule has 0 amide bonds. The van der Waals surface area contributed by atoms with Crippen LogP contribution in [-0.4, -0.2) is 22.4 Å². The van der Waals surface area contributed by atoms with Gasteiger partial charge in [0, 0.05) is 17.7 Å². The molecule has 76 valence electrons. The molecule has 3 N–H and O–H groups in total. The summed E-state index contributed by atoms with van der Waals surface area (Å²) in [6.07, 6.45) is 1.54. The van der Waals surface area contributed by atoms with Crippen LogP contribution in [0.4, 0.5) is 5.69 Å². The minimum atomic E-state index is -0.277. The molecule has 0 aromatic heterocycles. The Balaban J connectivity index is 2.38. The van der Waals surface area contributed by atoms with Crippen molar-refractivity contribution in [2.24, 2.45) is 0 Å². The van der Waals surface area contributed by atoms with E-state index in [2.05, 4.69) is 5.32 Å². The molecule has 1 aromatic rings. The monoisotopic (exact) mass is 193 g/mol. The number of nitrogens with one attached hydrogen (secondary N) is 1. The van der Waals surface area contributed by atoms with Crippen molar-refractivity contribution >= 4 is 5.69 Å². The van der Waals surface area contributed by atoms with Crippen LogP contribution in [0.2, 0.25) is 0 Å². The Kier molecular flexibility index (Phi) is 2.11. The van der Waals surface area contributed by atoms with Crippen molar-refractivity contribution in [3.05, 3.63) is 23.8 Å². The second kappa shape index (κ2) is 3.17. The van der Waals surface area contributed by atoms with Gasteiger partial charge in [-0.3, -0.25) is 0 Å². The molecule has 1 heterocycles. The first-order chi connectivity index (χ1) is 6.71. The molecule has 1 unspecified atom stereocenters. The van der Waals surface area contributed by atoms with Gasteiger partial charge >= 0.3 is 0 Å². The Morgan fingerprint density at radius 3 is 2.86 bits per heavy atom. The first kappa shape index (κ1) is 9.34. The van der Waals surface area contributed by atoms with Crippen molar-refractivity contribution < 1.29 is 10.2 Å². The Bertz CT molecular complexity index is 345. The highest BCUT2D eigenvalue weighted by atomic mass is 16.3. The first-order valence-electron chi connectivity index (χ1n) is 4.91. The molecule has 14 heavy (non-hydrogen) atoms. The fraction of sp³-hybridized carbons (Fsp3) is 0.455. The third-order valence-corrected chi connectivity index (χ3v) is 3.05. The van der Waals surface area contributed by atoms with E-state index in [1.54, 1.807) is 6.07 Å². The lowest BCUT2D eigenvalue weighted by Gasteiger charge is -2.25. The van der Waals surface area contributed by atoms with Gasteiger partial charge in [0.25, 0.3) is 0 Å². The molecule has 0 spiro atoms. The molecule has 3 heteroatoms. The van der Waals surface area contributed by atoms with Crippen molar-refractivity contribution in [3.8, 4) is 5.75 Å². The lowest BCUT2D eigenvalue weighted by molar-refractivity contribution is 0.210. The molecule has 0 aliphatic carbocycles. The number of aliphatic hydroxyl groups excluding tert-OH is 1. The number of aromatic hydroxyl groups is 1. The molecule has 1 aromatic carbocycles. The molecule has 0 bridgehead atoms. The van der Waals surface area contributed by atoms with E-state index in [-0.39, 0.29) is 12.1 Å². The smallest absolute Gasteiger partial charge is 0.120 e. The van der Waals surface area contributed by atoms with Gasteiger partial charge < -0.3 is 15.5 Å². The lowest BCUT2D eigenvalue weighted by Crippen LogP contribution is -2.39. The van der Waals surface area contributed by atoms with Gasteiger partial charge in [-0.1, -0.05) is 13.0 Å². The van der Waals surface area contributed by atoms with Crippen LogP contribution in [0.1, 0.15) is 18.9 Å². The summed E-state index contributed by atoms with van der Waals surface area (Å²) in [7, 11) is 0. The number of aliphatic hydroxyl groups is 1. The number of phenolic OH excluding ortho intramolecular Hbond substituents is 1. The van der Waals surface area contributed by atoms with Crippen LogP contribution in [0.15, 0.2) is 18.2 Å². The van der Waals surface area contributed by atoms with Gasteiger partial charge in [0.2, 0.25) is 0 Å². The van der Waals surface area contributed by atoms with Crippen LogP contribution < -0.4 is 5.32 Å². The molecule has 0 saturated carbocycles. The van der Waals surface area contributed by atoms with Gasteiger partial charge in [0.05, 0.1) is 12.1 Å². The summed E-state index contributed by atoms with van der Waals surface area (Å²) in [6, 6.07) is 5.43. The summed E-state index contributed by atoms with van der Waals surface area (Å²) in [5, 5.41) is 22.2. The Labute approximate surface area is 83.4 Å². The molecule has 1 aliphatic rings. The molecule has 0 radical (unpaired) electrons. The van der Waals surface area contributed by atoms with Crippen LogP contribution in [-0.2, 0) is 6.42 Å². The molecule has 0 saturated heterocycles. The van der Waals surface area contributed by atoms with Gasteiger partial charge in [-0.25, -0.2) is 0 Å². The van der Waals surface area contributed by atoms with E-state index >= 15 is 0 Å². The Hall–Kier alpha value is -1.22. The molecular weight excluding hydrogens is 178 g/mol. The van der Waals surface area contributed by atoms with Gasteiger partial charge in [-0.05, 0) is 18.6 Å².